The van der Waals surface area contributed by atoms with Crippen LogP contribution in [0.4, 0.5) is 0 Å². The maximum absolute atomic E-state index is 12.6. The van der Waals surface area contributed by atoms with Crippen molar-refractivity contribution in [3.05, 3.63) is 21.5 Å². The molecule has 3 N–H and O–H groups in total. The Labute approximate surface area is 171 Å². The monoisotopic (exact) mass is 424 g/mol. The molecule has 1 atom stereocenters. The van der Waals surface area contributed by atoms with Gasteiger partial charge in [-0.2, -0.15) is 0 Å². The first-order valence-corrected chi connectivity index (χ1v) is 10.7. The molecule has 0 aliphatic heterocycles. The minimum absolute atomic E-state index is 0.0241. The van der Waals surface area contributed by atoms with E-state index in [-0.39, 0.29) is 30.4 Å². The number of thiazole rings is 2. The van der Waals surface area contributed by atoms with Crippen LogP contribution < -0.4 is 10.8 Å². The molecule has 0 unspecified atom stereocenters. The van der Waals surface area contributed by atoms with E-state index in [1.165, 1.54) is 22.7 Å². The summed E-state index contributed by atoms with van der Waals surface area (Å²) in [6.45, 7) is 5.99. The van der Waals surface area contributed by atoms with Crippen molar-refractivity contribution >= 4 is 40.3 Å². The zero-order chi connectivity index (χ0) is 20.7. The molecule has 152 valence electrons. The van der Waals surface area contributed by atoms with Crippen LogP contribution in [0.3, 0.4) is 0 Å². The van der Waals surface area contributed by atoms with Crippen LogP contribution in [0.15, 0.2) is 10.8 Å². The average Bonchev–Trinajstić information content (AvgIpc) is 3.31. The third-order valence-corrected chi connectivity index (χ3v) is 5.82. The number of ketones is 1. The molecule has 0 saturated carbocycles. The number of hydrogen-bond acceptors (Lipinski definition) is 8. The summed E-state index contributed by atoms with van der Waals surface area (Å²) in [6.07, 6.45) is 0.582. The highest BCUT2D eigenvalue weighted by atomic mass is 32.1. The molecule has 0 saturated heterocycles. The summed E-state index contributed by atoms with van der Waals surface area (Å²) in [5.41, 5.74) is 2.66. The molecule has 10 heteroatoms. The van der Waals surface area contributed by atoms with Crippen molar-refractivity contribution in [2.24, 2.45) is 11.8 Å². The van der Waals surface area contributed by atoms with Crippen molar-refractivity contribution in [1.82, 2.24) is 20.8 Å². The van der Waals surface area contributed by atoms with Crippen LogP contribution in [0.2, 0.25) is 0 Å². The number of hydroxylamine groups is 1. The zero-order valence-corrected chi connectivity index (χ0v) is 17.7. The SMILES string of the molecule is Cc1nc(-c2nc(C(=O)C[C@H](C(=O)NCCCC(=O)NO)C(C)C)cs2)cs1. The Morgan fingerprint density at radius 3 is 2.54 bits per heavy atom. The van der Waals surface area contributed by atoms with Gasteiger partial charge in [-0.3, -0.25) is 19.6 Å². The third kappa shape index (κ3) is 6.18. The standard InChI is InChI=1S/C18H24N4O4S2/c1-10(2)12(17(25)19-6-4-5-16(24)22-26)7-15(23)13-8-28-18(21-13)14-9-27-11(3)20-14/h8-10,12,26H,4-7H2,1-3H3,(H,19,25)(H,22,24)/t12-/m0/s1. The lowest BCUT2D eigenvalue weighted by atomic mass is 9.89. The number of carbonyl (C=O) groups excluding carboxylic acids is 3. The van der Waals surface area contributed by atoms with Crippen LogP contribution in [0.1, 0.15) is 48.6 Å². The number of nitrogens with one attached hydrogen (secondary N) is 2. The van der Waals surface area contributed by atoms with Crippen LogP contribution >= 0.6 is 22.7 Å². The molecular weight excluding hydrogens is 400 g/mol. The third-order valence-electron chi connectivity index (χ3n) is 4.18. The normalized spacial score (nSPS) is 12.0. The van der Waals surface area contributed by atoms with Gasteiger partial charge in [-0.1, -0.05) is 13.8 Å². The largest absolute Gasteiger partial charge is 0.356 e. The number of aromatic nitrogens is 2. The Kier molecular flexibility index (Phi) is 8.21. The lowest BCUT2D eigenvalue weighted by molar-refractivity contribution is -0.130. The van der Waals surface area contributed by atoms with E-state index < -0.39 is 11.8 Å². The van der Waals surface area contributed by atoms with E-state index in [1.807, 2.05) is 26.2 Å². The highest BCUT2D eigenvalue weighted by molar-refractivity contribution is 7.14. The Bertz CT molecular complexity index is 831. The average molecular weight is 425 g/mol. The molecule has 8 nitrogen and oxygen atoms in total. The molecule has 0 spiro atoms. The molecule has 0 aromatic carbocycles. The number of Topliss-reactive ketones (excluding diaryl/α,β-unsaturated/α-hetero) is 1. The van der Waals surface area contributed by atoms with Crippen LogP contribution in [0.25, 0.3) is 10.7 Å². The van der Waals surface area contributed by atoms with Crippen molar-refractivity contribution in [2.75, 3.05) is 6.54 Å². The van der Waals surface area contributed by atoms with E-state index in [1.54, 1.807) is 10.9 Å². The van der Waals surface area contributed by atoms with Crippen LogP contribution in [-0.2, 0) is 9.59 Å². The second-order valence-corrected chi connectivity index (χ2v) is 8.62. The lowest BCUT2D eigenvalue weighted by Gasteiger charge is -2.19. The van der Waals surface area contributed by atoms with Crippen LogP contribution in [0, 0.1) is 18.8 Å². The fourth-order valence-corrected chi connectivity index (χ4v) is 4.02. The van der Waals surface area contributed by atoms with E-state index in [9.17, 15) is 14.4 Å². The summed E-state index contributed by atoms with van der Waals surface area (Å²) in [5.74, 6) is -1.41. The summed E-state index contributed by atoms with van der Waals surface area (Å²) in [7, 11) is 0. The molecule has 0 aliphatic rings. The Morgan fingerprint density at radius 2 is 1.93 bits per heavy atom. The summed E-state index contributed by atoms with van der Waals surface area (Å²) in [4.78, 5) is 44.8. The van der Waals surface area contributed by atoms with Gasteiger partial charge in [0.2, 0.25) is 11.8 Å². The molecule has 0 bridgehead atoms. The molecule has 2 rings (SSSR count). The molecule has 2 aromatic rings. The highest BCUT2D eigenvalue weighted by Gasteiger charge is 2.26. The predicted octanol–water partition coefficient (Wildman–Crippen LogP) is 2.82. The number of carbonyl (C=O) groups is 3. The second-order valence-electron chi connectivity index (χ2n) is 6.70. The van der Waals surface area contributed by atoms with Gasteiger partial charge in [0.25, 0.3) is 0 Å². The smallest absolute Gasteiger partial charge is 0.243 e. The van der Waals surface area contributed by atoms with Gasteiger partial charge >= 0.3 is 0 Å². The summed E-state index contributed by atoms with van der Waals surface area (Å²) >= 11 is 2.89. The van der Waals surface area contributed by atoms with Gasteiger partial charge in [-0.25, -0.2) is 15.4 Å². The predicted molar refractivity (Wildman–Crippen MR) is 107 cm³/mol. The van der Waals surface area contributed by atoms with Crippen molar-refractivity contribution in [3.8, 4) is 10.7 Å². The van der Waals surface area contributed by atoms with Crippen molar-refractivity contribution in [1.29, 1.82) is 0 Å². The highest BCUT2D eigenvalue weighted by Crippen LogP contribution is 2.26. The molecule has 2 aromatic heterocycles. The number of amides is 2. The molecule has 0 aliphatic carbocycles. The maximum atomic E-state index is 12.6. The van der Waals surface area contributed by atoms with Gasteiger partial charge in [0, 0.05) is 36.1 Å². The summed E-state index contributed by atoms with van der Waals surface area (Å²) < 4.78 is 0. The first-order valence-electron chi connectivity index (χ1n) is 8.93. The topological polar surface area (TPSA) is 121 Å². The van der Waals surface area contributed by atoms with Gasteiger partial charge < -0.3 is 5.32 Å². The van der Waals surface area contributed by atoms with E-state index in [0.717, 1.165) is 10.7 Å². The summed E-state index contributed by atoms with van der Waals surface area (Å²) in [5, 5.41) is 16.5. The number of rotatable bonds is 10. The molecule has 0 radical (unpaired) electrons. The molecule has 2 heterocycles. The van der Waals surface area contributed by atoms with Crippen molar-refractivity contribution in [2.45, 2.75) is 40.0 Å². The van der Waals surface area contributed by atoms with E-state index in [2.05, 4.69) is 15.3 Å². The van der Waals surface area contributed by atoms with Crippen LogP contribution in [-0.4, -0.2) is 39.3 Å². The number of hydrogen-bond donors (Lipinski definition) is 3. The van der Waals surface area contributed by atoms with Gasteiger partial charge in [-0.05, 0) is 19.3 Å². The quantitative estimate of drug-likeness (QED) is 0.233. The maximum Gasteiger partial charge on any atom is 0.243 e. The zero-order valence-electron chi connectivity index (χ0n) is 16.0. The van der Waals surface area contributed by atoms with E-state index >= 15 is 0 Å². The Hall–Kier alpha value is -2.17. The lowest BCUT2D eigenvalue weighted by Crippen LogP contribution is -2.36. The molecule has 2 amide bonds. The minimum atomic E-state index is -0.500. The van der Waals surface area contributed by atoms with Crippen molar-refractivity contribution < 1.29 is 19.6 Å². The fraction of sp³-hybridized carbons (Fsp3) is 0.500. The van der Waals surface area contributed by atoms with Gasteiger partial charge in [0.15, 0.2) is 5.78 Å². The Balaban J connectivity index is 1.94. The minimum Gasteiger partial charge on any atom is -0.356 e. The van der Waals surface area contributed by atoms with Crippen molar-refractivity contribution in [3.63, 3.8) is 0 Å². The number of aryl methyl sites for hydroxylation is 1. The summed E-state index contributed by atoms with van der Waals surface area (Å²) in [6, 6.07) is 0. The fourth-order valence-electron chi connectivity index (χ4n) is 2.56. The van der Waals surface area contributed by atoms with Gasteiger partial charge in [-0.15, -0.1) is 22.7 Å². The molecular formula is C18H24N4O4S2. The first kappa shape index (κ1) is 22.1. The van der Waals surface area contributed by atoms with Gasteiger partial charge in [0.1, 0.15) is 16.4 Å². The second kappa shape index (κ2) is 10.4. The number of nitrogens with zero attached hydrogens (tertiary/aromatic N) is 2. The van der Waals surface area contributed by atoms with E-state index in [0.29, 0.717) is 23.7 Å². The Morgan fingerprint density at radius 1 is 1.18 bits per heavy atom. The van der Waals surface area contributed by atoms with Crippen LogP contribution in [0.5, 0.6) is 0 Å². The van der Waals surface area contributed by atoms with Gasteiger partial charge in [0.05, 0.1) is 5.01 Å². The molecule has 0 fully saturated rings. The molecule has 28 heavy (non-hydrogen) atoms. The van der Waals surface area contributed by atoms with E-state index in [4.69, 9.17) is 5.21 Å². The first-order chi connectivity index (χ1) is 13.3.